The normalized spacial score (nSPS) is 12.8. The maximum atomic E-state index is 12.5. The summed E-state index contributed by atoms with van der Waals surface area (Å²) in [6.45, 7) is 4.35. The molecule has 4 rings (SSSR count). The number of carbonyl (C=O) groups is 1. The first-order chi connectivity index (χ1) is 13.0. The van der Waals surface area contributed by atoms with E-state index in [0.29, 0.717) is 16.9 Å². The second-order valence-corrected chi connectivity index (χ2v) is 7.49. The highest BCUT2D eigenvalue weighted by Gasteiger charge is 2.18. The van der Waals surface area contributed by atoms with Crippen LogP contribution in [0.25, 0.3) is 11.3 Å². The fourth-order valence-corrected chi connectivity index (χ4v) is 3.93. The number of aromatic nitrogens is 4. The minimum absolute atomic E-state index is 0.0865. The number of para-hydroxylation sites is 1. The summed E-state index contributed by atoms with van der Waals surface area (Å²) in [5.74, 6) is 0.760. The molecule has 3 heterocycles. The number of fused-ring (bicyclic) bond motifs is 1. The standard InChI is InChI=1S/C19H19N5O2S/c1-12-13(2)20-11-24(18(12)26)10-17(25)21-15-6-4-3-5-14(15)16-9-23-7-8-27-19(23)22-16/h3-6,9,11H,7-8,10H2,1-2H3,(H,21,25). The van der Waals surface area contributed by atoms with Crippen LogP contribution in [0.2, 0.25) is 0 Å². The molecule has 0 atom stereocenters. The summed E-state index contributed by atoms with van der Waals surface area (Å²) in [5.41, 5.74) is 3.39. The van der Waals surface area contributed by atoms with Gasteiger partial charge in [0.1, 0.15) is 6.54 Å². The zero-order valence-corrected chi connectivity index (χ0v) is 15.9. The first kappa shape index (κ1) is 17.5. The van der Waals surface area contributed by atoms with Gasteiger partial charge in [-0.3, -0.25) is 14.2 Å². The molecule has 1 aliphatic heterocycles. The summed E-state index contributed by atoms with van der Waals surface area (Å²) in [7, 11) is 0. The van der Waals surface area contributed by atoms with Crippen LogP contribution in [-0.2, 0) is 17.9 Å². The summed E-state index contributed by atoms with van der Waals surface area (Å²) >= 11 is 1.73. The van der Waals surface area contributed by atoms with Crippen molar-refractivity contribution in [3.63, 3.8) is 0 Å². The summed E-state index contributed by atoms with van der Waals surface area (Å²) in [4.78, 5) is 33.6. The number of nitrogens with zero attached hydrogens (tertiary/aromatic N) is 4. The Bertz CT molecular complexity index is 1060. The maximum absolute atomic E-state index is 12.5. The van der Waals surface area contributed by atoms with Crippen molar-refractivity contribution in [2.24, 2.45) is 0 Å². The molecule has 0 spiro atoms. The molecular weight excluding hydrogens is 362 g/mol. The lowest BCUT2D eigenvalue weighted by Crippen LogP contribution is -2.29. The monoisotopic (exact) mass is 381 g/mol. The van der Waals surface area contributed by atoms with Crippen molar-refractivity contribution in [2.75, 3.05) is 11.1 Å². The van der Waals surface area contributed by atoms with Gasteiger partial charge in [0.15, 0.2) is 5.16 Å². The highest BCUT2D eigenvalue weighted by atomic mass is 32.2. The van der Waals surface area contributed by atoms with E-state index in [2.05, 4.69) is 19.9 Å². The summed E-state index contributed by atoms with van der Waals surface area (Å²) in [6.07, 6.45) is 3.42. The number of carbonyl (C=O) groups excluding carboxylic acids is 1. The van der Waals surface area contributed by atoms with Gasteiger partial charge in [0, 0.05) is 35.3 Å². The van der Waals surface area contributed by atoms with Crippen LogP contribution in [0, 0.1) is 13.8 Å². The van der Waals surface area contributed by atoms with Crippen LogP contribution in [0.3, 0.4) is 0 Å². The van der Waals surface area contributed by atoms with Crippen molar-refractivity contribution in [3.05, 3.63) is 58.4 Å². The lowest BCUT2D eigenvalue weighted by Gasteiger charge is -2.11. The Morgan fingerprint density at radius 3 is 2.93 bits per heavy atom. The predicted molar refractivity (Wildman–Crippen MR) is 105 cm³/mol. The highest BCUT2D eigenvalue weighted by molar-refractivity contribution is 7.99. The number of thioether (sulfide) groups is 1. The molecule has 8 heteroatoms. The molecule has 1 N–H and O–H groups in total. The van der Waals surface area contributed by atoms with Gasteiger partial charge in [-0.1, -0.05) is 30.0 Å². The lowest BCUT2D eigenvalue weighted by molar-refractivity contribution is -0.116. The molecule has 7 nitrogen and oxygen atoms in total. The molecule has 27 heavy (non-hydrogen) atoms. The second kappa shape index (κ2) is 7.03. The van der Waals surface area contributed by atoms with Gasteiger partial charge in [0.2, 0.25) is 5.91 Å². The molecular formula is C19H19N5O2S. The average Bonchev–Trinajstić information content (AvgIpc) is 3.25. The first-order valence-corrected chi connectivity index (χ1v) is 9.63. The van der Waals surface area contributed by atoms with Gasteiger partial charge < -0.3 is 9.88 Å². The third kappa shape index (κ3) is 3.40. The van der Waals surface area contributed by atoms with E-state index in [4.69, 9.17) is 0 Å². The van der Waals surface area contributed by atoms with Gasteiger partial charge in [-0.15, -0.1) is 0 Å². The Labute approximate surface area is 160 Å². The van der Waals surface area contributed by atoms with E-state index in [9.17, 15) is 9.59 Å². The predicted octanol–water partition coefficient (Wildman–Crippen LogP) is 2.47. The highest BCUT2D eigenvalue weighted by Crippen LogP contribution is 2.32. The van der Waals surface area contributed by atoms with E-state index in [1.54, 1.807) is 25.6 Å². The SMILES string of the molecule is Cc1ncn(CC(=O)Nc2ccccc2-c2cn3c(n2)SCC3)c(=O)c1C. The van der Waals surface area contributed by atoms with E-state index in [1.165, 1.54) is 10.9 Å². The maximum Gasteiger partial charge on any atom is 0.256 e. The van der Waals surface area contributed by atoms with Gasteiger partial charge in [-0.05, 0) is 19.9 Å². The van der Waals surface area contributed by atoms with Crippen LogP contribution in [0.1, 0.15) is 11.3 Å². The summed E-state index contributed by atoms with van der Waals surface area (Å²) in [6, 6.07) is 7.55. The van der Waals surface area contributed by atoms with Crippen molar-refractivity contribution in [3.8, 4) is 11.3 Å². The molecule has 1 aliphatic rings. The number of hydrogen-bond donors (Lipinski definition) is 1. The van der Waals surface area contributed by atoms with Gasteiger partial charge >= 0.3 is 0 Å². The van der Waals surface area contributed by atoms with E-state index in [1.807, 2.05) is 30.5 Å². The molecule has 0 unspecified atom stereocenters. The van der Waals surface area contributed by atoms with Crippen LogP contribution >= 0.6 is 11.8 Å². The Hall–Kier alpha value is -2.87. The fourth-order valence-electron chi connectivity index (χ4n) is 2.99. The van der Waals surface area contributed by atoms with Crippen LogP contribution in [0.4, 0.5) is 5.69 Å². The van der Waals surface area contributed by atoms with Crippen molar-refractivity contribution >= 4 is 23.4 Å². The molecule has 1 amide bonds. The molecule has 138 valence electrons. The first-order valence-electron chi connectivity index (χ1n) is 8.65. The Morgan fingerprint density at radius 2 is 2.11 bits per heavy atom. The van der Waals surface area contributed by atoms with Crippen LogP contribution in [0.5, 0.6) is 0 Å². The number of amides is 1. The number of anilines is 1. The third-order valence-corrected chi connectivity index (χ3v) is 5.58. The van der Waals surface area contributed by atoms with Crippen LogP contribution in [0.15, 0.2) is 46.7 Å². The van der Waals surface area contributed by atoms with Crippen molar-refractivity contribution in [1.29, 1.82) is 0 Å². The smallest absolute Gasteiger partial charge is 0.256 e. The Kier molecular flexibility index (Phi) is 4.57. The Morgan fingerprint density at radius 1 is 1.30 bits per heavy atom. The van der Waals surface area contributed by atoms with Crippen LogP contribution < -0.4 is 10.9 Å². The minimum Gasteiger partial charge on any atom is -0.325 e. The van der Waals surface area contributed by atoms with Gasteiger partial charge in [0.25, 0.3) is 5.56 Å². The molecule has 0 radical (unpaired) electrons. The number of rotatable bonds is 4. The number of aryl methyl sites for hydroxylation is 2. The van der Waals surface area contributed by atoms with E-state index < -0.39 is 0 Å². The molecule has 3 aromatic rings. The van der Waals surface area contributed by atoms with E-state index in [-0.39, 0.29) is 18.0 Å². The van der Waals surface area contributed by atoms with Crippen molar-refractivity contribution in [2.45, 2.75) is 32.1 Å². The zero-order chi connectivity index (χ0) is 19.0. The van der Waals surface area contributed by atoms with E-state index >= 15 is 0 Å². The minimum atomic E-state index is -0.282. The average molecular weight is 381 g/mol. The quantitative estimate of drug-likeness (QED) is 0.751. The van der Waals surface area contributed by atoms with Gasteiger partial charge in [-0.2, -0.15) is 0 Å². The molecule has 0 saturated heterocycles. The second-order valence-electron chi connectivity index (χ2n) is 6.43. The molecule has 0 aliphatic carbocycles. The van der Waals surface area contributed by atoms with Crippen LogP contribution in [-0.4, -0.2) is 30.8 Å². The Balaban J connectivity index is 1.57. The summed E-state index contributed by atoms with van der Waals surface area (Å²) < 4.78 is 3.45. The molecule has 0 fully saturated rings. The zero-order valence-electron chi connectivity index (χ0n) is 15.1. The van der Waals surface area contributed by atoms with Gasteiger partial charge in [-0.25, -0.2) is 9.97 Å². The van der Waals surface area contributed by atoms with Gasteiger partial charge in [0.05, 0.1) is 17.7 Å². The molecule has 0 saturated carbocycles. The number of hydrogen-bond acceptors (Lipinski definition) is 5. The van der Waals surface area contributed by atoms with E-state index in [0.717, 1.165) is 28.7 Å². The number of imidazole rings is 1. The lowest BCUT2D eigenvalue weighted by atomic mass is 10.1. The molecule has 1 aromatic carbocycles. The molecule has 2 aromatic heterocycles. The number of benzene rings is 1. The number of nitrogens with one attached hydrogen (secondary N) is 1. The fraction of sp³-hybridized carbons (Fsp3) is 0.263. The van der Waals surface area contributed by atoms with Crippen molar-refractivity contribution in [1.82, 2.24) is 19.1 Å². The largest absolute Gasteiger partial charge is 0.325 e. The summed E-state index contributed by atoms with van der Waals surface area (Å²) in [5, 5.41) is 3.90. The van der Waals surface area contributed by atoms with Crippen molar-refractivity contribution < 1.29 is 4.79 Å². The topological polar surface area (TPSA) is 81.8 Å². The third-order valence-electron chi connectivity index (χ3n) is 4.61. The molecule has 0 bridgehead atoms.